The quantitative estimate of drug-likeness (QED) is 0.848. The topological polar surface area (TPSA) is 84.4 Å². The molecule has 0 unspecified atom stereocenters. The lowest BCUT2D eigenvalue weighted by molar-refractivity contribution is -0.132. The van der Waals surface area contributed by atoms with E-state index in [0.29, 0.717) is 37.0 Å². The fourth-order valence-corrected chi connectivity index (χ4v) is 4.94. The zero-order valence-electron chi connectivity index (χ0n) is 16.3. The zero-order valence-corrected chi connectivity index (χ0v) is 16.3. The molecule has 7 nitrogen and oxygen atoms in total. The molecule has 2 bridgehead atoms. The second kappa shape index (κ2) is 6.86. The van der Waals surface area contributed by atoms with Crippen molar-refractivity contribution in [1.82, 2.24) is 20.2 Å². The highest BCUT2D eigenvalue weighted by Gasteiger charge is 2.63. The van der Waals surface area contributed by atoms with Crippen LogP contribution >= 0.6 is 0 Å². The van der Waals surface area contributed by atoms with Crippen molar-refractivity contribution in [2.75, 3.05) is 19.6 Å². The van der Waals surface area contributed by atoms with Crippen molar-refractivity contribution in [3.8, 4) is 0 Å². The maximum Gasteiger partial charge on any atom is 0.271 e. The second-order valence-corrected chi connectivity index (χ2v) is 8.66. The van der Waals surface area contributed by atoms with Gasteiger partial charge in [0.15, 0.2) is 0 Å². The highest BCUT2D eigenvalue weighted by Crippen LogP contribution is 2.54. The third-order valence-electron chi connectivity index (χ3n) is 6.23. The van der Waals surface area contributed by atoms with Crippen LogP contribution in [0.1, 0.15) is 49.3 Å². The van der Waals surface area contributed by atoms with Crippen LogP contribution in [0.4, 0.5) is 0 Å². The number of rotatable bonds is 5. The second-order valence-electron chi connectivity index (χ2n) is 8.66. The Morgan fingerprint density at radius 3 is 2.89 bits per heavy atom. The molecule has 4 atom stereocenters. The Balaban J connectivity index is 1.40. The van der Waals surface area contributed by atoms with E-state index in [1.165, 1.54) is 6.20 Å². The van der Waals surface area contributed by atoms with Crippen LogP contribution in [0.3, 0.4) is 0 Å². The highest BCUT2D eigenvalue weighted by molar-refractivity contribution is 5.91. The Labute approximate surface area is 159 Å². The number of ether oxygens (including phenoxy) is 1. The van der Waals surface area contributed by atoms with Crippen molar-refractivity contribution in [2.45, 2.75) is 51.7 Å². The molecular formula is C20H28N4O3. The molecule has 2 amide bonds. The summed E-state index contributed by atoms with van der Waals surface area (Å²) in [6, 6.07) is 0. The van der Waals surface area contributed by atoms with Gasteiger partial charge in [0.1, 0.15) is 5.69 Å². The van der Waals surface area contributed by atoms with Gasteiger partial charge in [-0.15, -0.1) is 0 Å². The van der Waals surface area contributed by atoms with E-state index >= 15 is 0 Å². The number of carbonyl (C=O) groups excluding carboxylic acids is 2. The fourth-order valence-electron chi connectivity index (χ4n) is 4.94. The average molecular weight is 372 g/mol. The number of nitrogens with one attached hydrogen (secondary N) is 1. The summed E-state index contributed by atoms with van der Waals surface area (Å²) in [7, 11) is 0. The molecule has 3 fully saturated rings. The number of fused-ring (bicyclic) bond motifs is 1. The molecule has 27 heavy (non-hydrogen) atoms. The van der Waals surface area contributed by atoms with Gasteiger partial charge >= 0.3 is 0 Å². The number of aromatic nitrogens is 2. The molecule has 4 rings (SSSR count). The van der Waals surface area contributed by atoms with Crippen LogP contribution in [0.25, 0.3) is 0 Å². The molecule has 3 saturated heterocycles. The lowest BCUT2D eigenvalue weighted by Crippen LogP contribution is -2.42. The monoisotopic (exact) mass is 372 g/mol. The predicted octanol–water partition coefficient (Wildman–Crippen LogP) is 1.57. The lowest BCUT2D eigenvalue weighted by Gasteiger charge is -2.29. The Morgan fingerprint density at radius 2 is 2.19 bits per heavy atom. The molecule has 3 aliphatic rings. The van der Waals surface area contributed by atoms with Gasteiger partial charge in [0.2, 0.25) is 5.91 Å². The first-order valence-electron chi connectivity index (χ1n) is 9.90. The van der Waals surface area contributed by atoms with Crippen molar-refractivity contribution < 1.29 is 14.3 Å². The minimum Gasteiger partial charge on any atom is -0.369 e. The summed E-state index contributed by atoms with van der Waals surface area (Å²) in [5, 5.41) is 3.01. The first kappa shape index (κ1) is 18.3. The Morgan fingerprint density at radius 1 is 1.37 bits per heavy atom. The van der Waals surface area contributed by atoms with Crippen molar-refractivity contribution in [3.05, 3.63) is 23.8 Å². The normalized spacial score (nSPS) is 31.4. The zero-order chi connectivity index (χ0) is 19.2. The summed E-state index contributed by atoms with van der Waals surface area (Å²) >= 11 is 0. The van der Waals surface area contributed by atoms with Gasteiger partial charge in [-0.3, -0.25) is 14.6 Å². The molecule has 0 radical (unpaired) electrons. The highest BCUT2D eigenvalue weighted by atomic mass is 16.5. The van der Waals surface area contributed by atoms with Crippen LogP contribution in [0.5, 0.6) is 0 Å². The number of hydrogen-bond acceptors (Lipinski definition) is 5. The van der Waals surface area contributed by atoms with E-state index in [2.05, 4.69) is 29.1 Å². The molecule has 0 aromatic carbocycles. The fraction of sp³-hybridized carbons (Fsp3) is 0.700. The maximum absolute atomic E-state index is 12.5. The van der Waals surface area contributed by atoms with Crippen LogP contribution in [-0.4, -0.2) is 58.0 Å². The van der Waals surface area contributed by atoms with Crippen LogP contribution in [0.2, 0.25) is 0 Å². The standard InChI is InChI=1S/C20H28N4O3/c1-12(2)6-18(25)24-10-15-14(17-4-5-20(15,11-24)27-17)8-23-19(26)16-9-21-13(3)7-22-16/h7,9,12,14-15,17H,4-6,8,10-11H2,1-3H3,(H,23,26)/t14-,15+,17+,20+/m0/s1. The van der Waals surface area contributed by atoms with Gasteiger partial charge in [0.05, 0.1) is 30.1 Å². The first-order valence-corrected chi connectivity index (χ1v) is 9.90. The van der Waals surface area contributed by atoms with E-state index in [1.54, 1.807) is 6.20 Å². The van der Waals surface area contributed by atoms with Gasteiger partial charge in [0.25, 0.3) is 5.91 Å². The van der Waals surface area contributed by atoms with Crippen molar-refractivity contribution in [1.29, 1.82) is 0 Å². The van der Waals surface area contributed by atoms with Crippen LogP contribution < -0.4 is 5.32 Å². The summed E-state index contributed by atoms with van der Waals surface area (Å²) in [5.74, 6) is 0.928. The molecule has 7 heteroatoms. The SMILES string of the molecule is Cc1cnc(C(=O)NC[C@H]2[C@H]3CN(C(=O)CC(C)C)C[C@]34CC[C@H]2O4)cn1. The molecule has 1 aromatic heterocycles. The molecule has 4 heterocycles. The molecule has 0 aliphatic carbocycles. The van der Waals surface area contributed by atoms with Gasteiger partial charge in [-0.1, -0.05) is 13.8 Å². The number of amides is 2. The van der Waals surface area contributed by atoms with Crippen LogP contribution in [-0.2, 0) is 9.53 Å². The van der Waals surface area contributed by atoms with Gasteiger partial charge in [-0.05, 0) is 25.7 Å². The van der Waals surface area contributed by atoms with E-state index in [-0.39, 0.29) is 29.4 Å². The van der Waals surface area contributed by atoms with E-state index in [4.69, 9.17) is 4.74 Å². The lowest BCUT2D eigenvalue weighted by atomic mass is 9.73. The van der Waals surface area contributed by atoms with Gasteiger partial charge in [-0.2, -0.15) is 0 Å². The number of likely N-dealkylation sites (tertiary alicyclic amines) is 1. The number of hydrogen-bond donors (Lipinski definition) is 1. The van der Waals surface area contributed by atoms with Crippen LogP contribution in [0, 0.1) is 24.7 Å². The molecule has 146 valence electrons. The Bertz CT molecular complexity index is 735. The molecule has 1 N–H and O–H groups in total. The van der Waals surface area contributed by atoms with Crippen molar-refractivity contribution in [3.63, 3.8) is 0 Å². The van der Waals surface area contributed by atoms with E-state index < -0.39 is 0 Å². The summed E-state index contributed by atoms with van der Waals surface area (Å²) in [4.78, 5) is 35.2. The summed E-state index contributed by atoms with van der Waals surface area (Å²) in [6.45, 7) is 7.98. The average Bonchev–Trinajstić information content (AvgIpc) is 3.28. The van der Waals surface area contributed by atoms with E-state index in [0.717, 1.165) is 25.1 Å². The Kier molecular flexibility index (Phi) is 4.66. The number of nitrogens with zero attached hydrogens (tertiary/aromatic N) is 3. The first-order chi connectivity index (χ1) is 12.9. The minimum absolute atomic E-state index is 0.182. The van der Waals surface area contributed by atoms with Gasteiger partial charge < -0.3 is 15.0 Å². The minimum atomic E-state index is -0.204. The molecule has 1 spiro atoms. The van der Waals surface area contributed by atoms with Crippen molar-refractivity contribution in [2.24, 2.45) is 17.8 Å². The molecule has 0 saturated carbocycles. The van der Waals surface area contributed by atoms with E-state index in [9.17, 15) is 9.59 Å². The summed E-state index contributed by atoms with van der Waals surface area (Å²) in [5.41, 5.74) is 0.919. The van der Waals surface area contributed by atoms with Gasteiger partial charge in [0, 0.05) is 37.5 Å². The predicted molar refractivity (Wildman–Crippen MR) is 99.0 cm³/mol. The third kappa shape index (κ3) is 3.33. The Hall–Kier alpha value is -2.02. The van der Waals surface area contributed by atoms with E-state index in [1.807, 2.05) is 11.8 Å². The third-order valence-corrected chi connectivity index (χ3v) is 6.23. The molecule has 1 aromatic rings. The molecular weight excluding hydrogens is 344 g/mol. The number of aryl methyl sites for hydroxylation is 1. The maximum atomic E-state index is 12.5. The van der Waals surface area contributed by atoms with Crippen molar-refractivity contribution >= 4 is 11.8 Å². The smallest absolute Gasteiger partial charge is 0.271 e. The summed E-state index contributed by atoms with van der Waals surface area (Å²) in [6.07, 6.45) is 5.89. The molecule has 3 aliphatic heterocycles. The number of carbonyl (C=O) groups is 2. The largest absolute Gasteiger partial charge is 0.369 e. The van der Waals surface area contributed by atoms with Gasteiger partial charge in [-0.25, -0.2) is 4.98 Å². The summed E-state index contributed by atoms with van der Waals surface area (Å²) < 4.78 is 6.36. The van der Waals surface area contributed by atoms with Crippen LogP contribution in [0.15, 0.2) is 12.4 Å².